The molecule has 0 atom stereocenters. The van der Waals surface area contributed by atoms with E-state index in [2.05, 4.69) is 4.99 Å². The fraction of sp³-hybridized carbons (Fsp3) is 0.0714. The van der Waals surface area contributed by atoms with E-state index >= 15 is 0 Å². The summed E-state index contributed by atoms with van der Waals surface area (Å²) in [6.45, 7) is 1.90. The average molecular weight is 291 g/mol. The minimum Gasteiger partial charge on any atom is -0.507 e. The van der Waals surface area contributed by atoms with Crippen LogP contribution in [0.15, 0.2) is 41.4 Å². The molecule has 0 aliphatic rings. The number of aliphatic imine (C=N–C) groups is 1. The van der Waals surface area contributed by atoms with Crippen LogP contribution < -0.4 is 0 Å². The van der Waals surface area contributed by atoms with Crippen molar-refractivity contribution in [3.05, 3.63) is 62.7 Å². The summed E-state index contributed by atoms with van der Waals surface area (Å²) in [4.78, 5) is 14.2. The third kappa shape index (κ3) is 3.13. The van der Waals surface area contributed by atoms with Crippen molar-refractivity contribution in [3.8, 4) is 5.75 Å². The predicted octanol–water partition coefficient (Wildman–Crippen LogP) is 4.01. The molecule has 2 aromatic carbocycles. The first-order valence-corrected chi connectivity index (χ1v) is 6.13. The second kappa shape index (κ2) is 5.71. The van der Waals surface area contributed by atoms with Crippen molar-refractivity contribution in [1.29, 1.82) is 0 Å². The van der Waals surface area contributed by atoms with Crippen LogP contribution in [-0.2, 0) is 0 Å². The molecule has 0 amide bonds. The number of rotatable bonds is 3. The minimum absolute atomic E-state index is 0.0904. The van der Waals surface area contributed by atoms with Crippen molar-refractivity contribution in [1.82, 2.24) is 0 Å². The van der Waals surface area contributed by atoms with Crippen molar-refractivity contribution in [2.45, 2.75) is 6.92 Å². The van der Waals surface area contributed by atoms with Gasteiger partial charge in [0.15, 0.2) is 0 Å². The molecule has 0 bridgehead atoms. The van der Waals surface area contributed by atoms with E-state index in [1.807, 2.05) is 6.92 Å². The molecule has 1 N–H and O–H groups in total. The van der Waals surface area contributed by atoms with Crippen molar-refractivity contribution >= 4 is 29.2 Å². The highest BCUT2D eigenvalue weighted by atomic mass is 35.5. The second-order valence-electron chi connectivity index (χ2n) is 4.21. The molecule has 0 spiro atoms. The minimum atomic E-state index is -0.522. The lowest BCUT2D eigenvalue weighted by atomic mass is 10.1. The van der Waals surface area contributed by atoms with Crippen LogP contribution in [0.3, 0.4) is 0 Å². The molecule has 2 rings (SSSR count). The number of hydrogen-bond acceptors (Lipinski definition) is 4. The molecule has 0 heterocycles. The highest BCUT2D eigenvalue weighted by Crippen LogP contribution is 2.29. The summed E-state index contributed by atoms with van der Waals surface area (Å²) >= 11 is 5.93. The summed E-state index contributed by atoms with van der Waals surface area (Å²) in [6, 6.07) is 9.17. The van der Waals surface area contributed by atoms with Gasteiger partial charge in [0, 0.05) is 23.9 Å². The Labute approximate surface area is 120 Å². The summed E-state index contributed by atoms with van der Waals surface area (Å²) in [5.41, 5.74) is 1.85. The maximum Gasteiger partial charge on any atom is 0.271 e. The number of non-ortho nitro benzene ring substituents is 1. The van der Waals surface area contributed by atoms with E-state index in [1.54, 1.807) is 18.2 Å². The normalized spacial score (nSPS) is 10.9. The maximum absolute atomic E-state index is 10.6. The van der Waals surface area contributed by atoms with Gasteiger partial charge in [-0.2, -0.15) is 0 Å². The number of nitro benzene ring substituents is 1. The van der Waals surface area contributed by atoms with Crippen LogP contribution in [0.1, 0.15) is 11.1 Å². The molecule has 0 radical (unpaired) electrons. The van der Waals surface area contributed by atoms with E-state index in [0.717, 1.165) is 5.56 Å². The Hall–Kier alpha value is -2.40. The Morgan fingerprint density at radius 2 is 2.05 bits per heavy atom. The van der Waals surface area contributed by atoms with Crippen molar-refractivity contribution in [3.63, 3.8) is 0 Å². The van der Waals surface area contributed by atoms with Gasteiger partial charge in [-0.15, -0.1) is 0 Å². The van der Waals surface area contributed by atoms with Gasteiger partial charge >= 0.3 is 0 Å². The summed E-state index contributed by atoms with van der Waals surface area (Å²) in [5.74, 6) is 0.109. The van der Waals surface area contributed by atoms with Gasteiger partial charge in [-0.3, -0.25) is 15.1 Å². The van der Waals surface area contributed by atoms with Crippen molar-refractivity contribution in [2.24, 2.45) is 4.99 Å². The Kier molecular flexibility index (Phi) is 4.00. The van der Waals surface area contributed by atoms with Gasteiger partial charge in [-0.25, -0.2) is 0 Å². The number of nitrogens with zero attached hydrogens (tertiary/aromatic N) is 2. The number of halogens is 1. The first-order chi connectivity index (χ1) is 9.47. The number of aryl methyl sites for hydroxylation is 1. The second-order valence-corrected chi connectivity index (χ2v) is 4.62. The molecule has 0 aromatic heterocycles. The molecule has 6 heteroatoms. The van der Waals surface area contributed by atoms with E-state index in [0.29, 0.717) is 11.3 Å². The molecular formula is C14H11ClN2O3. The third-order valence-corrected chi connectivity index (χ3v) is 2.97. The predicted molar refractivity (Wildman–Crippen MR) is 78.2 cm³/mol. The average Bonchev–Trinajstić information content (AvgIpc) is 2.40. The topological polar surface area (TPSA) is 75.7 Å². The van der Waals surface area contributed by atoms with Crippen LogP contribution in [0.5, 0.6) is 5.75 Å². The largest absolute Gasteiger partial charge is 0.507 e. The number of phenols is 1. The zero-order valence-electron chi connectivity index (χ0n) is 10.6. The lowest BCUT2D eigenvalue weighted by Gasteiger charge is -2.01. The molecule has 102 valence electrons. The van der Waals surface area contributed by atoms with Gasteiger partial charge in [0.05, 0.1) is 15.6 Å². The lowest BCUT2D eigenvalue weighted by molar-refractivity contribution is -0.384. The number of hydrogen-bond donors (Lipinski definition) is 1. The molecular weight excluding hydrogens is 280 g/mol. The first kappa shape index (κ1) is 14.0. The Morgan fingerprint density at radius 3 is 2.70 bits per heavy atom. The Bertz CT molecular complexity index is 699. The standard InChI is InChI=1S/C14H11ClN2O3/c1-9-2-5-14(18)10(6-9)8-16-13-4-3-11(17(19)20)7-12(13)15/h2-8,18H,1H3/b16-8+. The van der Waals surface area contributed by atoms with E-state index in [-0.39, 0.29) is 16.5 Å². The van der Waals surface area contributed by atoms with Crippen LogP contribution in [0.4, 0.5) is 11.4 Å². The van der Waals surface area contributed by atoms with Gasteiger partial charge in [-0.1, -0.05) is 23.2 Å². The molecule has 0 aliphatic carbocycles. The van der Waals surface area contributed by atoms with E-state index in [1.165, 1.54) is 24.4 Å². The number of aromatic hydroxyl groups is 1. The summed E-state index contributed by atoms with van der Waals surface area (Å²) in [5, 5.41) is 20.5. The number of phenolic OH excluding ortho intramolecular Hbond substituents is 1. The van der Waals surface area contributed by atoms with Crippen molar-refractivity contribution < 1.29 is 10.0 Å². The van der Waals surface area contributed by atoms with E-state index in [4.69, 9.17) is 11.6 Å². The Balaban J connectivity index is 2.32. The first-order valence-electron chi connectivity index (χ1n) is 5.75. The smallest absolute Gasteiger partial charge is 0.271 e. The summed E-state index contributed by atoms with van der Waals surface area (Å²) in [6.07, 6.45) is 1.47. The highest BCUT2D eigenvalue weighted by molar-refractivity contribution is 6.33. The van der Waals surface area contributed by atoms with Gasteiger partial charge in [0.1, 0.15) is 5.75 Å². The van der Waals surface area contributed by atoms with Gasteiger partial charge in [0.25, 0.3) is 5.69 Å². The monoisotopic (exact) mass is 290 g/mol. The molecule has 20 heavy (non-hydrogen) atoms. The molecule has 0 saturated carbocycles. The van der Waals surface area contributed by atoms with Crippen LogP contribution in [0.2, 0.25) is 5.02 Å². The highest BCUT2D eigenvalue weighted by Gasteiger charge is 2.08. The van der Waals surface area contributed by atoms with Crippen LogP contribution in [0, 0.1) is 17.0 Å². The molecule has 0 fully saturated rings. The van der Waals surface area contributed by atoms with Crippen molar-refractivity contribution in [2.75, 3.05) is 0 Å². The fourth-order valence-electron chi connectivity index (χ4n) is 1.63. The molecule has 2 aromatic rings. The zero-order chi connectivity index (χ0) is 14.7. The molecule has 5 nitrogen and oxygen atoms in total. The maximum atomic E-state index is 10.6. The number of nitro groups is 1. The fourth-order valence-corrected chi connectivity index (χ4v) is 1.85. The zero-order valence-corrected chi connectivity index (χ0v) is 11.3. The summed E-state index contributed by atoms with van der Waals surface area (Å²) < 4.78 is 0. The van der Waals surface area contributed by atoms with Crippen LogP contribution in [0.25, 0.3) is 0 Å². The quantitative estimate of drug-likeness (QED) is 0.527. The Morgan fingerprint density at radius 1 is 1.30 bits per heavy atom. The van der Waals surface area contributed by atoms with Gasteiger partial charge in [0.2, 0.25) is 0 Å². The SMILES string of the molecule is Cc1ccc(O)c(/C=N/c2ccc([N+](=O)[O-])cc2Cl)c1. The molecule has 0 unspecified atom stereocenters. The molecule has 0 saturated heterocycles. The van der Waals surface area contributed by atoms with Gasteiger partial charge in [-0.05, 0) is 25.1 Å². The number of benzene rings is 2. The third-order valence-electron chi connectivity index (χ3n) is 2.67. The van der Waals surface area contributed by atoms with E-state index in [9.17, 15) is 15.2 Å². The van der Waals surface area contributed by atoms with E-state index < -0.39 is 4.92 Å². The lowest BCUT2D eigenvalue weighted by Crippen LogP contribution is -1.87. The van der Waals surface area contributed by atoms with Crippen LogP contribution >= 0.6 is 11.6 Å². The van der Waals surface area contributed by atoms with Gasteiger partial charge < -0.3 is 5.11 Å². The molecule has 0 aliphatic heterocycles. The summed E-state index contributed by atoms with van der Waals surface area (Å²) in [7, 11) is 0. The van der Waals surface area contributed by atoms with Crippen LogP contribution in [-0.4, -0.2) is 16.2 Å².